The Morgan fingerprint density at radius 2 is 2.29 bits per heavy atom. The minimum Gasteiger partial charge on any atom is -0.481 e. The topological polar surface area (TPSA) is 50.2 Å². The first-order valence-corrected chi connectivity index (χ1v) is 4.45. The van der Waals surface area contributed by atoms with Gasteiger partial charge in [-0.05, 0) is 27.6 Å². The van der Waals surface area contributed by atoms with Gasteiger partial charge < -0.3 is 5.11 Å². The molecule has 0 aliphatic rings. The van der Waals surface area contributed by atoms with Crippen LogP contribution in [0.25, 0.3) is 0 Å². The number of rotatable bonds is 3. The van der Waals surface area contributed by atoms with Gasteiger partial charge in [0.1, 0.15) is 5.69 Å². The standard InChI is InChI=1S/C8H6BrF2NO2/c9-6-4(3-5(13)14)1-2-12-7(6)8(10)11/h1-2,8H,3H2,(H,13,14). The Kier molecular flexibility index (Phi) is 3.51. The second kappa shape index (κ2) is 4.45. The molecule has 0 aliphatic heterocycles. The SMILES string of the molecule is O=C(O)Cc1ccnc(C(F)F)c1Br. The first-order chi connectivity index (χ1) is 6.52. The zero-order valence-corrected chi connectivity index (χ0v) is 8.46. The molecule has 0 fully saturated rings. The number of halogens is 3. The monoisotopic (exact) mass is 265 g/mol. The first-order valence-electron chi connectivity index (χ1n) is 3.65. The Bertz CT molecular complexity index is 357. The van der Waals surface area contributed by atoms with Crippen LogP contribution in [0, 0.1) is 0 Å². The third kappa shape index (κ3) is 2.47. The van der Waals surface area contributed by atoms with Crippen LogP contribution in [0.3, 0.4) is 0 Å². The third-order valence-electron chi connectivity index (χ3n) is 1.54. The molecule has 76 valence electrons. The van der Waals surface area contributed by atoms with E-state index < -0.39 is 18.1 Å². The minimum absolute atomic E-state index is 0.0670. The molecule has 1 aromatic heterocycles. The molecule has 0 aromatic carbocycles. The minimum atomic E-state index is -2.71. The second-order valence-electron chi connectivity index (χ2n) is 2.54. The summed E-state index contributed by atoms with van der Waals surface area (Å²) in [5, 5.41) is 8.49. The Labute approximate surface area is 86.9 Å². The fourth-order valence-corrected chi connectivity index (χ4v) is 1.50. The zero-order valence-electron chi connectivity index (χ0n) is 6.88. The number of aromatic nitrogens is 1. The largest absolute Gasteiger partial charge is 0.481 e. The number of aliphatic carboxylic acids is 1. The van der Waals surface area contributed by atoms with Gasteiger partial charge in [0.15, 0.2) is 0 Å². The quantitative estimate of drug-likeness (QED) is 0.913. The summed E-state index contributed by atoms with van der Waals surface area (Å²) in [7, 11) is 0. The number of alkyl halides is 2. The predicted molar refractivity (Wildman–Crippen MR) is 48.2 cm³/mol. The summed E-state index contributed by atoms with van der Waals surface area (Å²) in [6.07, 6.45) is -1.84. The lowest BCUT2D eigenvalue weighted by atomic mass is 10.2. The molecule has 0 saturated heterocycles. The van der Waals surface area contributed by atoms with E-state index in [2.05, 4.69) is 20.9 Å². The van der Waals surface area contributed by atoms with Crippen molar-refractivity contribution in [3.8, 4) is 0 Å². The molecule has 1 N–H and O–H groups in total. The summed E-state index contributed by atoms with van der Waals surface area (Å²) in [6.45, 7) is 0. The van der Waals surface area contributed by atoms with E-state index in [4.69, 9.17) is 5.11 Å². The summed E-state index contributed by atoms with van der Waals surface area (Å²) in [4.78, 5) is 13.8. The summed E-state index contributed by atoms with van der Waals surface area (Å²) < 4.78 is 24.7. The van der Waals surface area contributed by atoms with Crippen LogP contribution >= 0.6 is 15.9 Å². The van der Waals surface area contributed by atoms with Crippen LogP contribution in [-0.2, 0) is 11.2 Å². The Morgan fingerprint density at radius 1 is 1.64 bits per heavy atom. The fourth-order valence-electron chi connectivity index (χ4n) is 0.953. The molecule has 0 saturated carbocycles. The molecule has 1 rings (SSSR count). The number of carboxylic acid groups (broad SMARTS) is 1. The lowest BCUT2D eigenvalue weighted by molar-refractivity contribution is -0.136. The maximum atomic E-state index is 12.3. The van der Waals surface area contributed by atoms with Crippen LogP contribution in [0.15, 0.2) is 16.7 Å². The van der Waals surface area contributed by atoms with Crippen LogP contribution in [0.2, 0.25) is 0 Å². The molecular weight excluding hydrogens is 260 g/mol. The number of carboxylic acids is 1. The number of hydrogen-bond donors (Lipinski definition) is 1. The van der Waals surface area contributed by atoms with Crippen molar-refractivity contribution in [2.45, 2.75) is 12.8 Å². The Balaban J connectivity index is 3.07. The zero-order chi connectivity index (χ0) is 10.7. The molecule has 6 heteroatoms. The molecule has 1 heterocycles. The molecule has 0 amide bonds. The summed E-state index contributed by atoms with van der Waals surface area (Å²) in [6, 6.07) is 1.39. The Hall–Kier alpha value is -1.04. The van der Waals surface area contributed by atoms with E-state index in [1.165, 1.54) is 12.3 Å². The normalized spacial score (nSPS) is 10.6. The highest BCUT2D eigenvalue weighted by molar-refractivity contribution is 9.10. The van der Waals surface area contributed by atoms with Crippen LogP contribution in [0.5, 0.6) is 0 Å². The van der Waals surface area contributed by atoms with Gasteiger partial charge >= 0.3 is 5.97 Å². The van der Waals surface area contributed by atoms with Crippen molar-refractivity contribution in [1.29, 1.82) is 0 Å². The van der Waals surface area contributed by atoms with E-state index in [0.29, 0.717) is 5.56 Å². The average molecular weight is 266 g/mol. The van der Waals surface area contributed by atoms with Gasteiger partial charge in [-0.1, -0.05) is 0 Å². The molecule has 0 aliphatic carbocycles. The smallest absolute Gasteiger partial charge is 0.307 e. The fraction of sp³-hybridized carbons (Fsp3) is 0.250. The summed E-state index contributed by atoms with van der Waals surface area (Å²) in [5.41, 5.74) is -0.133. The lowest BCUT2D eigenvalue weighted by Gasteiger charge is -2.05. The lowest BCUT2D eigenvalue weighted by Crippen LogP contribution is -2.03. The number of carbonyl (C=O) groups is 1. The molecule has 0 bridgehead atoms. The van der Waals surface area contributed by atoms with Gasteiger partial charge in [0.05, 0.1) is 6.42 Å². The van der Waals surface area contributed by atoms with E-state index >= 15 is 0 Å². The highest BCUT2D eigenvalue weighted by atomic mass is 79.9. The number of pyridine rings is 1. The van der Waals surface area contributed by atoms with Crippen molar-refractivity contribution in [2.24, 2.45) is 0 Å². The van der Waals surface area contributed by atoms with Gasteiger partial charge in [-0.2, -0.15) is 0 Å². The molecular formula is C8H6BrF2NO2. The van der Waals surface area contributed by atoms with E-state index in [-0.39, 0.29) is 10.9 Å². The van der Waals surface area contributed by atoms with Gasteiger partial charge in [-0.3, -0.25) is 9.78 Å². The molecule has 1 aromatic rings. The molecule has 14 heavy (non-hydrogen) atoms. The molecule has 0 radical (unpaired) electrons. The number of hydrogen-bond acceptors (Lipinski definition) is 2. The number of nitrogens with zero attached hydrogens (tertiary/aromatic N) is 1. The van der Waals surface area contributed by atoms with Gasteiger partial charge in [0.25, 0.3) is 6.43 Å². The van der Waals surface area contributed by atoms with Crippen molar-refractivity contribution in [2.75, 3.05) is 0 Å². The van der Waals surface area contributed by atoms with Crippen LogP contribution in [0.1, 0.15) is 17.7 Å². The van der Waals surface area contributed by atoms with Crippen molar-refractivity contribution in [3.05, 3.63) is 28.0 Å². The van der Waals surface area contributed by atoms with Gasteiger partial charge in [0, 0.05) is 10.7 Å². The van der Waals surface area contributed by atoms with Crippen LogP contribution in [-0.4, -0.2) is 16.1 Å². The highest BCUT2D eigenvalue weighted by Gasteiger charge is 2.16. The van der Waals surface area contributed by atoms with Crippen LogP contribution in [0.4, 0.5) is 8.78 Å². The maximum Gasteiger partial charge on any atom is 0.307 e. The second-order valence-corrected chi connectivity index (χ2v) is 3.33. The van der Waals surface area contributed by atoms with Gasteiger partial charge in [-0.25, -0.2) is 8.78 Å². The molecule has 0 spiro atoms. The highest BCUT2D eigenvalue weighted by Crippen LogP contribution is 2.28. The third-order valence-corrected chi connectivity index (χ3v) is 2.46. The first kappa shape index (κ1) is 11.0. The van der Waals surface area contributed by atoms with E-state index in [1.807, 2.05) is 0 Å². The van der Waals surface area contributed by atoms with Crippen molar-refractivity contribution in [3.63, 3.8) is 0 Å². The Morgan fingerprint density at radius 3 is 2.79 bits per heavy atom. The molecule has 0 atom stereocenters. The van der Waals surface area contributed by atoms with Crippen LogP contribution < -0.4 is 0 Å². The maximum absolute atomic E-state index is 12.3. The molecule has 0 unspecified atom stereocenters. The van der Waals surface area contributed by atoms with Crippen molar-refractivity contribution < 1.29 is 18.7 Å². The molecule has 3 nitrogen and oxygen atoms in total. The summed E-state index contributed by atoms with van der Waals surface area (Å²) in [5.74, 6) is -1.07. The van der Waals surface area contributed by atoms with Crippen molar-refractivity contribution in [1.82, 2.24) is 4.98 Å². The van der Waals surface area contributed by atoms with Gasteiger partial charge in [0.2, 0.25) is 0 Å². The van der Waals surface area contributed by atoms with Gasteiger partial charge in [-0.15, -0.1) is 0 Å². The van der Waals surface area contributed by atoms with E-state index in [0.717, 1.165) is 0 Å². The van der Waals surface area contributed by atoms with E-state index in [1.54, 1.807) is 0 Å². The van der Waals surface area contributed by atoms with E-state index in [9.17, 15) is 13.6 Å². The average Bonchev–Trinajstić information content (AvgIpc) is 2.07. The summed E-state index contributed by atoms with van der Waals surface area (Å²) >= 11 is 2.90. The van der Waals surface area contributed by atoms with Crippen molar-refractivity contribution >= 4 is 21.9 Å². The predicted octanol–water partition coefficient (Wildman–Crippen LogP) is 2.41.